The lowest BCUT2D eigenvalue weighted by molar-refractivity contribution is 0.371. The van der Waals surface area contributed by atoms with Crippen LogP contribution in [0.25, 0.3) is 0 Å². The first-order chi connectivity index (χ1) is 8.74. The summed E-state index contributed by atoms with van der Waals surface area (Å²) in [6.07, 6.45) is 6.25. The molecule has 1 aromatic carbocycles. The van der Waals surface area contributed by atoms with E-state index in [0.29, 0.717) is 6.04 Å². The number of anilines is 1. The van der Waals surface area contributed by atoms with Gasteiger partial charge in [-0.1, -0.05) is 25.1 Å². The number of aryl methyl sites for hydroxylation is 2. The zero-order chi connectivity index (χ0) is 13.0. The van der Waals surface area contributed by atoms with Gasteiger partial charge in [0.05, 0.1) is 0 Å². The fourth-order valence-corrected chi connectivity index (χ4v) is 2.96. The van der Waals surface area contributed by atoms with Gasteiger partial charge in [0.2, 0.25) is 0 Å². The molecule has 0 unspecified atom stereocenters. The van der Waals surface area contributed by atoms with E-state index in [0.717, 1.165) is 12.5 Å². The van der Waals surface area contributed by atoms with Gasteiger partial charge < -0.3 is 10.6 Å². The maximum atomic E-state index is 3.79. The third kappa shape index (κ3) is 3.05. The summed E-state index contributed by atoms with van der Waals surface area (Å²) in [5.74, 6) is 0. The molecule has 2 heteroatoms. The molecule has 0 spiro atoms. The summed E-state index contributed by atoms with van der Waals surface area (Å²) in [4.78, 5) is 0. The van der Waals surface area contributed by atoms with Gasteiger partial charge in [-0.25, -0.2) is 0 Å². The van der Waals surface area contributed by atoms with Crippen molar-refractivity contribution in [3.8, 4) is 0 Å². The first kappa shape index (κ1) is 13.4. The average molecular weight is 246 g/mol. The number of benzene rings is 1. The molecule has 18 heavy (non-hydrogen) atoms. The lowest BCUT2D eigenvalue weighted by Crippen LogP contribution is -2.35. The second-order valence-corrected chi connectivity index (χ2v) is 5.44. The fourth-order valence-electron chi connectivity index (χ4n) is 2.96. The summed E-state index contributed by atoms with van der Waals surface area (Å²) in [5.41, 5.74) is 4.21. The Morgan fingerprint density at radius 1 is 1.11 bits per heavy atom. The van der Waals surface area contributed by atoms with Gasteiger partial charge in [0.1, 0.15) is 0 Å². The number of nitrogens with one attached hydrogen (secondary N) is 2. The normalized spacial score (nSPS) is 23.9. The molecular formula is C16H26N2. The summed E-state index contributed by atoms with van der Waals surface area (Å²) in [6.45, 7) is 4.44. The van der Waals surface area contributed by atoms with Crippen LogP contribution in [0.5, 0.6) is 0 Å². The Labute approximate surface area is 111 Å². The van der Waals surface area contributed by atoms with Gasteiger partial charge in [0.15, 0.2) is 0 Å². The Morgan fingerprint density at radius 2 is 1.78 bits per heavy atom. The summed E-state index contributed by atoms with van der Waals surface area (Å²) in [5, 5.41) is 7.18. The van der Waals surface area contributed by atoms with Crippen LogP contribution in [0.2, 0.25) is 0 Å². The van der Waals surface area contributed by atoms with Crippen molar-refractivity contribution in [3.05, 3.63) is 29.3 Å². The van der Waals surface area contributed by atoms with Crippen LogP contribution in [0, 0.1) is 6.92 Å². The summed E-state index contributed by atoms with van der Waals surface area (Å²) >= 11 is 0. The van der Waals surface area contributed by atoms with Crippen LogP contribution in [0.15, 0.2) is 18.2 Å². The lowest BCUT2D eigenvalue weighted by atomic mass is 9.90. The molecule has 1 aliphatic carbocycles. The monoisotopic (exact) mass is 246 g/mol. The van der Waals surface area contributed by atoms with Crippen LogP contribution in [-0.2, 0) is 6.42 Å². The Bertz CT molecular complexity index is 379. The van der Waals surface area contributed by atoms with E-state index in [9.17, 15) is 0 Å². The van der Waals surface area contributed by atoms with Gasteiger partial charge in [-0.2, -0.15) is 0 Å². The van der Waals surface area contributed by atoms with Crippen molar-refractivity contribution >= 4 is 5.69 Å². The van der Waals surface area contributed by atoms with Crippen LogP contribution in [0.1, 0.15) is 43.7 Å². The van der Waals surface area contributed by atoms with Gasteiger partial charge in [-0.05, 0) is 57.2 Å². The average Bonchev–Trinajstić information content (AvgIpc) is 2.42. The molecule has 100 valence electrons. The maximum Gasteiger partial charge on any atom is 0.0404 e. The second-order valence-electron chi connectivity index (χ2n) is 5.44. The van der Waals surface area contributed by atoms with Gasteiger partial charge in [-0.15, -0.1) is 0 Å². The molecule has 2 nitrogen and oxygen atoms in total. The van der Waals surface area contributed by atoms with E-state index < -0.39 is 0 Å². The van der Waals surface area contributed by atoms with Crippen molar-refractivity contribution in [2.75, 3.05) is 12.4 Å². The Balaban J connectivity index is 2.02. The fraction of sp³-hybridized carbons (Fsp3) is 0.625. The standard InChI is InChI=1S/C16H26N2/c1-4-13-7-5-6-12(2)16(13)18-15-10-8-14(17-3)9-11-15/h5-7,14-15,17-18H,4,8-11H2,1-3H3. The number of para-hydroxylation sites is 1. The van der Waals surface area contributed by atoms with E-state index in [2.05, 4.69) is 49.7 Å². The van der Waals surface area contributed by atoms with E-state index in [1.165, 1.54) is 42.5 Å². The summed E-state index contributed by atoms with van der Waals surface area (Å²) < 4.78 is 0. The molecule has 0 amide bonds. The van der Waals surface area contributed by atoms with E-state index >= 15 is 0 Å². The van der Waals surface area contributed by atoms with Crippen molar-refractivity contribution in [2.24, 2.45) is 0 Å². The van der Waals surface area contributed by atoms with Crippen LogP contribution in [0.4, 0.5) is 5.69 Å². The molecule has 0 saturated heterocycles. The molecule has 0 bridgehead atoms. The minimum absolute atomic E-state index is 0.654. The Kier molecular flexibility index (Phi) is 4.65. The molecule has 0 heterocycles. The number of rotatable bonds is 4. The lowest BCUT2D eigenvalue weighted by Gasteiger charge is -2.30. The summed E-state index contributed by atoms with van der Waals surface area (Å²) in [7, 11) is 2.08. The van der Waals surface area contributed by atoms with Crippen molar-refractivity contribution in [1.82, 2.24) is 5.32 Å². The summed E-state index contributed by atoms with van der Waals surface area (Å²) in [6, 6.07) is 8.00. The van der Waals surface area contributed by atoms with E-state index in [4.69, 9.17) is 0 Å². The molecule has 1 fully saturated rings. The van der Waals surface area contributed by atoms with Gasteiger partial charge in [0, 0.05) is 17.8 Å². The molecular weight excluding hydrogens is 220 g/mol. The van der Waals surface area contributed by atoms with Gasteiger partial charge >= 0.3 is 0 Å². The highest BCUT2D eigenvalue weighted by Gasteiger charge is 2.20. The van der Waals surface area contributed by atoms with E-state index in [-0.39, 0.29) is 0 Å². The highest BCUT2D eigenvalue weighted by Crippen LogP contribution is 2.26. The maximum absolute atomic E-state index is 3.79. The number of hydrogen-bond acceptors (Lipinski definition) is 2. The van der Waals surface area contributed by atoms with Crippen LogP contribution in [-0.4, -0.2) is 19.1 Å². The van der Waals surface area contributed by atoms with E-state index in [1.54, 1.807) is 0 Å². The molecule has 2 N–H and O–H groups in total. The highest BCUT2D eigenvalue weighted by molar-refractivity contribution is 5.57. The molecule has 1 saturated carbocycles. The van der Waals surface area contributed by atoms with Crippen molar-refractivity contribution in [1.29, 1.82) is 0 Å². The third-order valence-electron chi connectivity index (χ3n) is 4.22. The van der Waals surface area contributed by atoms with Crippen molar-refractivity contribution in [2.45, 2.75) is 58.0 Å². The molecule has 0 atom stereocenters. The van der Waals surface area contributed by atoms with Crippen molar-refractivity contribution < 1.29 is 0 Å². The first-order valence-electron chi connectivity index (χ1n) is 7.27. The van der Waals surface area contributed by atoms with Crippen LogP contribution >= 0.6 is 0 Å². The minimum Gasteiger partial charge on any atom is -0.382 e. The zero-order valence-electron chi connectivity index (χ0n) is 11.9. The molecule has 0 aliphatic heterocycles. The predicted molar refractivity (Wildman–Crippen MR) is 79.3 cm³/mol. The SMILES string of the molecule is CCc1cccc(C)c1NC1CCC(NC)CC1. The van der Waals surface area contributed by atoms with E-state index in [1.807, 2.05) is 0 Å². The Morgan fingerprint density at radius 3 is 2.39 bits per heavy atom. The molecule has 0 aromatic heterocycles. The quantitative estimate of drug-likeness (QED) is 0.849. The zero-order valence-corrected chi connectivity index (χ0v) is 11.9. The second kappa shape index (κ2) is 6.24. The van der Waals surface area contributed by atoms with Gasteiger partial charge in [-0.3, -0.25) is 0 Å². The Hall–Kier alpha value is -1.02. The first-order valence-corrected chi connectivity index (χ1v) is 7.27. The molecule has 1 aliphatic rings. The molecule has 1 aromatic rings. The van der Waals surface area contributed by atoms with Crippen molar-refractivity contribution in [3.63, 3.8) is 0 Å². The highest BCUT2D eigenvalue weighted by atomic mass is 14.9. The molecule has 2 rings (SSSR count). The third-order valence-corrected chi connectivity index (χ3v) is 4.22. The van der Waals surface area contributed by atoms with Crippen LogP contribution in [0.3, 0.4) is 0 Å². The predicted octanol–water partition coefficient (Wildman–Crippen LogP) is 3.50. The minimum atomic E-state index is 0.654. The smallest absolute Gasteiger partial charge is 0.0404 e. The molecule has 0 radical (unpaired) electrons. The largest absolute Gasteiger partial charge is 0.382 e. The topological polar surface area (TPSA) is 24.1 Å². The number of hydrogen-bond donors (Lipinski definition) is 2. The van der Waals surface area contributed by atoms with Gasteiger partial charge in [0.25, 0.3) is 0 Å². The van der Waals surface area contributed by atoms with Crippen LogP contribution < -0.4 is 10.6 Å².